The van der Waals surface area contributed by atoms with Crippen LogP contribution in [0.15, 0.2) is 48.0 Å². The van der Waals surface area contributed by atoms with Crippen LogP contribution in [0.4, 0.5) is 0 Å². The highest BCUT2D eigenvalue weighted by molar-refractivity contribution is 7.16. The molecule has 6 heteroatoms. The van der Waals surface area contributed by atoms with E-state index in [1.165, 1.54) is 11.3 Å². The molecule has 4 nitrogen and oxygen atoms in total. The summed E-state index contributed by atoms with van der Waals surface area (Å²) in [5.41, 5.74) is 4.34. The summed E-state index contributed by atoms with van der Waals surface area (Å²) in [6, 6.07) is 13.3. The Bertz CT molecular complexity index is 862. The molecule has 0 aliphatic heterocycles. The third-order valence-corrected chi connectivity index (χ3v) is 5.07. The van der Waals surface area contributed by atoms with E-state index >= 15 is 0 Å². The summed E-state index contributed by atoms with van der Waals surface area (Å²) in [5, 5.41) is 3.71. The van der Waals surface area contributed by atoms with E-state index in [2.05, 4.69) is 10.3 Å². The summed E-state index contributed by atoms with van der Waals surface area (Å²) in [7, 11) is 3.95. The number of halogens is 1. The number of likely N-dealkylation sites (N-methyl/N-ethyl adjacent to an activating group) is 1. The van der Waals surface area contributed by atoms with Crippen LogP contribution in [0.1, 0.15) is 22.0 Å². The molecule has 1 atom stereocenters. The molecular formula is C18H18ClN3OS. The van der Waals surface area contributed by atoms with Gasteiger partial charge in [-0.2, -0.15) is 0 Å². The van der Waals surface area contributed by atoms with E-state index in [0.29, 0.717) is 17.1 Å². The molecule has 124 valence electrons. The highest BCUT2D eigenvalue weighted by Crippen LogP contribution is 2.25. The van der Waals surface area contributed by atoms with E-state index in [-0.39, 0.29) is 11.9 Å². The lowest BCUT2D eigenvalue weighted by Gasteiger charge is -2.26. The first kappa shape index (κ1) is 16.9. The summed E-state index contributed by atoms with van der Waals surface area (Å²) in [4.78, 5) is 18.8. The molecule has 1 N–H and O–H groups in total. The number of hydrogen-bond acceptors (Lipinski definition) is 4. The molecule has 0 spiro atoms. The van der Waals surface area contributed by atoms with Gasteiger partial charge in [0.05, 0.1) is 21.8 Å². The van der Waals surface area contributed by atoms with Gasteiger partial charge in [0.15, 0.2) is 0 Å². The second-order valence-electron chi connectivity index (χ2n) is 5.75. The zero-order valence-corrected chi connectivity index (χ0v) is 15.1. The van der Waals surface area contributed by atoms with Crippen molar-refractivity contribution in [2.45, 2.75) is 6.04 Å². The minimum absolute atomic E-state index is 0.00906. The summed E-state index contributed by atoms with van der Waals surface area (Å²) in [6.07, 6.45) is 0. The van der Waals surface area contributed by atoms with Crippen molar-refractivity contribution in [1.29, 1.82) is 0 Å². The average Bonchev–Trinajstić information content (AvgIpc) is 3.03. The number of rotatable bonds is 5. The largest absolute Gasteiger partial charge is 0.350 e. The summed E-state index contributed by atoms with van der Waals surface area (Å²) in [5.74, 6) is -0.0933. The van der Waals surface area contributed by atoms with Crippen molar-refractivity contribution in [2.24, 2.45) is 0 Å². The van der Waals surface area contributed by atoms with Gasteiger partial charge in [0.25, 0.3) is 5.91 Å². The van der Waals surface area contributed by atoms with Crippen LogP contribution in [0.3, 0.4) is 0 Å². The van der Waals surface area contributed by atoms with Crippen LogP contribution in [-0.2, 0) is 0 Å². The Morgan fingerprint density at radius 2 is 2.08 bits per heavy atom. The molecule has 3 rings (SSSR count). The molecule has 2 aromatic carbocycles. The first-order valence-electron chi connectivity index (χ1n) is 7.58. The number of carbonyl (C=O) groups excluding carboxylic acids is 1. The molecule has 1 aromatic heterocycles. The number of nitrogens with zero attached hydrogens (tertiary/aromatic N) is 2. The number of nitrogens with one attached hydrogen (secondary N) is 1. The molecular weight excluding hydrogens is 342 g/mol. The molecule has 0 aliphatic carbocycles. The third kappa shape index (κ3) is 3.59. The molecule has 0 bridgehead atoms. The van der Waals surface area contributed by atoms with Crippen molar-refractivity contribution < 1.29 is 4.79 Å². The lowest BCUT2D eigenvalue weighted by atomic mass is 10.1. The molecule has 0 fully saturated rings. The van der Waals surface area contributed by atoms with Crippen molar-refractivity contribution in [1.82, 2.24) is 15.2 Å². The first-order valence-corrected chi connectivity index (χ1v) is 8.84. The molecule has 0 unspecified atom stereocenters. The highest BCUT2D eigenvalue weighted by atomic mass is 35.5. The van der Waals surface area contributed by atoms with Crippen LogP contribution >= 0.6 is 22.9 Å². The van der Waals surface area contributed by atoms with Gasteiger partial charge in [0.2, 0.25) is 0 Å². The Morgan fingerprint density at radius 3 is 2.83 bits per heavy atom. The summed E-state index contributed by atoms with van der Waals surface area (Å²) < 4.78 is 1.01. The Hall–Kier alpha value is -1.95. The molecule has 1 heterocycles. The summed E-state index contributed by atoms with van der Waals surface area (Å²) in [6.45, 7) is 0.482. The van der Waals surface area contributed by atoms with Gasteiger partial charge in [-0.05, 0) is 43.9 Å². The van der Waals surface area contributed by atoms with Crippen molar-refractivity contribution in [2.75, 3.05) is 20.6 Å². The predicted molar refractivity (Wildman–Crippen MR) is 99.8 cm³/mol. The molecule has 1 amide bonds. The van der Waals surface area contributed by atoms with E-state index in [1.807, 2.05) is 55.4 Å². The molecule has 0 aliphatic rings. The minimum atomic E-state index is -0.0933. The van der Waals surface area contributed by atoms with Gasteiger partial charge in [-0.25, -0.2) is 4.98 Å². The Labute approximate surface area is 150 Å². The SMILES string of the molecule is CN(C)[C@@H](CNC(=O)c1ccc2ncsc2c1)c1ccccc1Cl. The second-order valence-corrected chi connectivity index (χ2v) is 7.04. The highest BCUT2D eigenvalue weighted by Gasteiger charge is 2.18. The zero-order chi connectivity index (χ0) is 17.1. The van der Waals surface area contributed by atoms with Gasteiger partial charge in [-0.1, -0.05) is 29.8 Å². The molecule has 0 saturated carbocycles. The fourth-order valence-electron chi connectivity index (χ4n) is 2.60. The quantitative estimate of drug-likeness (QED) is 0.749. The van der Waals surface area contributed by atoms with E-state index in [0.717, 1.165) is 15.8 Å². The summed E-state index contributed by atoms with van der Waals surface area (Å²) >= 11 is 7.83. The van der Waals surface area contributed by atoms with Crippen molar-refractivity contribution in [3.63, 3.8) is 0 Å². The fourth-order valence-corrected chi connectivity index (χ4v) is 3.58. The molecule has 0 saturated heterocycles. The van der Waals surface area contributed by atoms with E-state index in [9.17, 15) is 4.79 Å². The van der Waals surface area contributed by atoms with Gasteiger partial charge < -0.3 is 10.2 Å². The van der Waals surface area contributed by atoms with Gasteiger partial charge in [0.1, 0.15) is 0 Å². The zero-order valence-electron chi connectivity index (χ0n) is 13.5. The normalized spacial score (nSPS) is 12.5. The number of benzene rings is 2. The van der Waals surface area contributed by atoms with Crippen LogP contribution in [0.5, 0.6) is 0 Å². The molecule has 3 aromatic rings. The Balaban J connectivity index is 1.74. The third-order valence-electron chi connectivity index (χ3n) is 3.94. The van der Waals surface area contributed by atoms with Gasteiger partial charge in [-0.15, -0.1) is 11.3 Å². The van der Waals surface area contributed by atoms with Crippen molar-refractivity contribution in [3.05, 3.63) is 64.1 Å². The van der Waals surface area contributed by atoms with Gasteiger partial charge >= 0.3 is 0 Å². The number of fused-ring (bicyclic) bond motifs is 1. The van der Waals surface area contributed by atoms with Crippen molar-refractivity contribution >= 4 is 39.1 Å². The van der Waals surface area contributed by atoms with Crippen molar-refractivity contribution in [3.8, 4) is 0 Å². The van der Waals surface area contributed by atoms with E-state index in [1.54, 1.807) is 11.6 Å². The van der Waals surface area contributed by atoms with Gasteiger partial charge in [0, 0.05) is 17.1 Å². The monoisotopic (exact) mass is 359 g/mol. The topological polar surface area (TPSA) is 45.2 Å². The standard InChI is InChI=1S/C18H18ClN3OS/c1-22(2)16(13-5-3-4-6-14(13)19)10-20-18(23)12-7-8-15-17(9-12)24-11-21-15/h3-9,11,16H,10H2,1-2H3,(H,20,23)/t16-/m0/s1. The maximum Gasteiger partial charge on any atom is 0.251 e. The number of carbonyl (C=O) groups is 1. The number of aromatic nitrogens is 1. The van der Waals surface area contributed by atoms with E-state index < -0.39 is 0 Å². The molecule has 24 heavy (non-hydrogen) atoms. The lowest BCUT2D eigenvalue weighted by Crippen LogP contribution is -2.34. The van der Waals surface area contributed by atoms with E-state index in [4.69, 9.17) is 11.6 Å². The van der Waals surface area contributed by atoms with Crippen LogP contribution in [0.25, 0.3) is 10.2 Å². The number of hydrogen-bond donors (Lipinski definition) is 1. The van der Waals surface area contributed by atoms with Crippen LogP contribution in [0.2, 0.25) is 5.02 Å². The number of amides is 1. The van der Waals surface area contributed by atoms with Crippen LogP contribution < -0.4 is 5.32 Å². The van der Waals surface area contributed by atoms with Crippen LogP contribution in [0, 0.1) is 0 Å². The first-order chi connectivity index (χ1) is 11.6. The molecule has 0 radical (unpaired) electrons. The smallest absolute Gasteiger partial charge is 0.251 e. The predicted octanol–water partition coefficient (Wildman–Crippen LogP) is 3.98. The second kappa shape index (κ2) is 7.30. The fraction of sp³-hybridized carbons (Fsp3) is 0.222. The minimum Gasteiger partial charge on any atom is -0.350 e. The maximum absolute atomic E-state index is 12.5. The maximum atomic E-state index is 12.5. The Morgan fingerprint density at radius 1 is 1.29 bits per heavy atom. The van der Waals surface area contributed by atoms with Crippen LogP contribution in [-0.4, -0.2) is 36.4 Å². The number of thiazole rings is 1. The lowest BCUT2D eigenvalue weighted by molar-refractivity contribution is 0.0942. The average molecular weight is 360 g/mol. The Kier molecular flexibility index (Phi) is 5.14. The van der Waals surface area contributed by atoms with Gasteiger partial charge in [-0.3, -0.25) is 4.79 Å².